The van der Waals surface area contributed by atoms with E-state index in [1.807, 2.05) is 30.3 Å². The average molecular weight is 443 g/mol. The molecule has 0 aliphatic rings. The van der Waals surface area contributed by atoms with Gasteiger partial charge in [0, 0.05) is 5.56 Å². The quantitative estimate of drug-likeness (QED) is 0.463. The highest BCUT2D eigenvalue weighted by atomic mass is 32.2. The number of aromatic nitrogens is 2. The van der Waals surface area contributed by atoms with Gasteiger partial charge in [-0.05, 0) is 29.3 Å². The fourth-order valence-electron chi connectivity index (χ4n) is 3.03. The van der Waals surface area contributed by atoms with E-state index in [-0.39, 0.29) is 10.6 Å². The van der Waals surface area contributed by atoms with Crippen LogP contribution in [0, 0.1) is 0 Å². The molecule has 0 bridgehead atoms. The maximum absolute atomic E-state index is 13.3. The van der Waals surface area contributed by atoms with Gasteiger partial charge in [0.2, 0.25) is 0 Å². The Labute approximate surface area is 176 Å². The third-order valence-electron chi connectivity index (χ3n) is 4.55. The van der Waals surface area contributed by atoms with Gasteiger partial charge in [0.15, 0.2) is 5.69 Å². The molecule has 0 saturated heterocycles. The van der Waals surface area contributed by atoms with Crippen LogP contribution in [-0.2, 0) is 16.2 Å². The number of alkyl halides is 3. The lowest BCUT2D eigenvalue weighted by atomic mass is 10.0. The van der Waals surface area contributed by atoms with Crippen molar-refractivity contribution in [3.63, 3.8) is 0 Å². The largest absolute Gasteiger partial charge is 0.435 e. The van der Waals surface area contributed by atoms with Gasteiger partial charge in [0.1, 0.15) is 0 Å². The molecule has 4 rings (SSSR count). The van der Waals surface area contributed by atoms with E-state index in [1.54, 1.807) is 30.3 Å². The van der Waals surface area contributed by atoms with E-state index >= 15 is 0 Å². The van der Waals surface area contributed by atoms with Gasteiger partial charge in [-0.3, -0.25) is 0 Å². The summed E-state index contributed by atoms with van der Waals surface area (Å²) in [5.74, 6) is 0. The van der Waals surface area contributed by atoms with Crippen molar-refractivity contribution in [1.82, 2.24) is 9.89 Å². The molecule has 9 heteroatoms. The molecule has 0 unspecified atom stereocenters. The van der Waals surface area contributed by atoms with Crippen LogP contribution in [-0.4, -0.2) is 18.3 Å². The lowest BCUT2D eigenvalue weighted by molar-refractivity contribution is -0.141. The molecule has 0 radical (unpaired) electrons. The van der Waals surface area contributed by atoms with Crippen LogP contribution in [0.4, 0.5) is 13.2 Å². The second-order valence-corrected chi connectivity index (χ2v) is 8.34. The highest BCUT2D eigenvalue weighted by Gasteiger charge is 2.35. The Morgan fingerprint density at radius 3 is 1.84 bits per heavy atom. The summed E-state index contributed by atoms with van der Waals surface area (Å²) in [4.78, 5) is 2.67. The maximum Gasteiger partial charge on any atom is 0.435 e. The number of nitrogens with zero attached hydrogens (tertiary/aromatic N) is 2. The predicted octanol–water partition coefficient (Wildman–Crippen LogP) is 5.17. The van der Waals surface area contributed by atoms with Gasteiger partial charge in [-0.1, -0.05) is 72.8 Å². The number of halogens is 3. The summed E-state index contributed by atoms with van der Waals surface area (Å²) >= 11 is 0. The van der Waals surface area contributed by atoms with Gasteiger partial charge < -0.3 is 0 Å². The normalized spacial score (nSPS) is 12.0. The van der Waals surface area contributed by atoms with Gasteiger partial charge in [0.05, 0.1) is 10.6 Å². The van der Waals surface area contributed by atoms with E-state index < -0.39 is 21.9 Å². The highest BCUT2D eigenvalue weighted by Crippen LogP contribution is 2.32. The molecule has 1 N–H and O–H groups in total. The van der Waals surface area contributed by atoms with Crippen LogP contribution < -0.4 is 4.83 Å². The minimum Gasteiger partial charge on any atom is -0.200 e. The Hall–Kier alpha value is -3.59. The number of nitrogens with one attached hydrogen (secondary N) is 1. The lowest BCUT2D eigenvalue weighted by Gasteiger charge is -2.11. The second kappa shape index (κ2) is 7.92. The van der Waals surface area contributed by atoms with Crippen molar-refractivity contribution in [2.45, 2.75) is 11.1 Å². The van der Waals surface area contributed by atoms with E-state index in [4.69, 9.17) is 0 Å². The van der Waals surface area contributed by atoms with Crippen molar-refractivity contribution in [3.8, 4) is 22.4 Å². The standard InChI is InChI=1S/C22H16F3N3O2S/c23-22(24,25)21-15-20(18-13-11-17(12-14-18)16-7-3-1-4-8-16)28(26-21)27-31(29,30)19-9-5-2-6-10-19/h1-15,27H. The zero-order valence-electron chi connectivity index (χ0n) is 15.9. The zero-order valence-corrected chi connectivity index (χ0v) is 16.7. The topological polar surface area (TPSA) is 64.0 Å². The smallest absolute Gasteiger partial charge is 0.200 e. The molecule has 0 fully saturated rings. The van der Waals surface area contributed by atoms with Crippen molar-refractivity contribution in [2.24, 2.45) is 0 Å². The summed E-state index contributed by atoms with van der Waals surface area (Å²) in [6.07, 6.45) is -4.73. The predicted molar refractivity (Wildman–Crippen MR) is 111 cm³/mol. The third-order valence-corrected chi connectivity index (χ3v) is 5.85. The molecule has 3 aromatic carbocycles. The number of hydrogen-bond donors (Lipinski definition) is 1. The van der Waals surface area contributed by atoms with Crippen LogP contribution in [0.1, 0.15) is 5.69 Å². The third kappa shape index (κ3) is 4.46. The molecule has 0 spiro atoms. The average Bonchev–Trinajstić information content (AvgIpc) is 3.19. The second-order valence-electron chi connectivity index (χ2n) is 6.68. The van der Waals surface area contributed by atoms with Gasteiger partial charge in [-0.2, -0.15) is 31.2 Å². The molecule has 0 saturated carbocycles. The number of sulfonamides is 1. The Morgan fingerprint density at radius 2 is 1.26 bits per heavy atom. The van der Waals surface area contributed by atoms with Crippen LogP contribution in [0.5, 0.6) is 0 Å². The van der Waals surface area contributed by atoms with Crippen molar-refractivity contribution in [3.05, 3.63) is 96.7 Å². The first-order chi connectivity index (χ1) is 14.7. The summed E-state index contributed by atoms with van der Waals surface area (Å²) in [6, 6.07) is 24.4. The monoisotopic (exact) mass is 443 g/mol. The summed E-state index contributed by atoms with van der Waals surface area (Å²) in [5, 5.41) is 3.45. The summed E-state index contributed by atoms with van der Waals surface area (Å²) in [5.41, 5.74) is 0.954. The van der Waals surface area contributed by atoms with Crippen LogP contribution in [0.15, 0.2) is 95.9 Å². The first kappa shape index (κ1) is 20.7. The fourth-order valence-corrected chi connectivity index (χ4v) is 4.01. The van der Waals surface area contributed by atoms with Crippen LogP contribution >= 0.6 is 0 Å². The molecule has 0 atom stereocenters. The molecule has 0 amide bonds. The van der Waals surface area contributed by atoms with Gasteiger partial charge in [-0.15, -0.1) is 5.10 Å². The molecule has 1 aromatic heterocycles. The molecule has 4 aromatic rings. The van der Waals surface area contributed by atoms with Crippen LogP contribution in [0.25, 0.3) is 22.4 Å². The van der Waals surface area contributed by atoms with Crippen molar-refractivity contribution in [2.75, 3.05) is 4.83 Å². The van der Waals surface area contributed by atoms with Crippen LogP contribution in [0.2, 0.25) is 0 Å². The van der Waals surface area contributed by atoms with E-state index in [1.165, 1.54) is 24.3 Å². The van der Waals surface area contributed by atoms with Gasteiger partial charge in [0.25, 0.3) is 10.0 Å². The Morgan fingerprint density at radius 1 is 0.742 bits per heavy atom. The summed E-state index contributed by atoms with van der Waals surface area (Å²) in [6.45, 7) is 0. The fraction of sp³-hybridized carbons (Fsp3) is 0.0455. The van der Waals surface area contributed by atoms with E-state index in [0.717, 1.165) is 17.2 Å². The SMILES string of the molecule is O=S(=O)(Nn1nc(C(F)(F)F)cc1-c1ccc(-c2ccccc2)cc1)c1ccccc1. The number of hydrogen-bond acceptors (Lipinski definition) is 3. The van der Waals surface area contributed by atoms with Crippen molar-refractivity contribution < 1.29 is 21.6 Å². The zero-order chi connectivity index (χ0) is 22.1. The Bertz CT molecular complexity index is 1290. The van der Waals surface area contributed by atoms with E-state index in [0.29, 0.717) is 10.4 Å². The first-order valence-corrected chi connectivity index (χ1v) is 10.6. The lowest BCUT2D eigenvalue weighted by Crippen LogP contribution is -2.25. The molecule has 31 heavy (non-hydrogen) atoms. The maximum atomic E-state index is 13.3. The van der Waals surface area contributed by atoms with E-state index in [2.05, 4.69) is 9.93 Å². The minimum absolute atomic E-state index is 0.0357. The van der Waals surface area contributed by atoms with E-state index in [9.17, 15) is 21.6 Å². The molecule has 1 heterocycles. The minimum atomic E-state index is -4.73. The Kier molecular flexibility index (Phi) is 5.28. The Balaban J connectivity index is 1.74. The van der Waals surface area contributed by atoms with Crippen LogP contribution in [0.3, 0.4) is 0 Å². The van der Waals surface area contributed by atoms with Crippen molar-refractivity contribution in [1.29, 1.82) is 0 Å². The summed E-state index contributed by atoms with van der Waals surface area (Å²) in [7, 11) is -4.14. The number of rotatable bonds is 5. The number of benzene rings is 3. The molecule has 5 nitrogen and oxygen atoms in total. The van der Waals surface area contributed by atoms with Gasteiger partial charge in [-0.25, -0.2) is 0 Å². The molecule has 0 aliphatic heterocycles. The first-order valence-electron chi connectivity index (χ1n) is 9.15. The van der Waals surface area contributed by atoms with Crippen molar-refractivity contribution >= 4 is 10.0 Å². The molecule has 0 aliphatic carbocycles. The summed E-state index contributed by atoms with van der Waals surface area (Å²) < 4.78 is 65.1. The molecular weight excluding hydrogens is 427 g/mol. The highest BCUT2D eigenvalue weighted by molar-refractivity contribution is 7.92. The molecular formula is C22H16F3N3O2S. The molecule has 158 valence electrons. The van der Waals surface area contributed by atoms with Gasteiger partial charge >= 0.3 is 6.18 Å².